The van der Waals surface area contributed by atoms with E-state index in [-0.39, 0.29) is 35.3 Å². The lowest BCUT2D eigenvalue weighted by molar-refractivity contribution is -0.142. The Kier molecular flexibility index (Phi) is 9.44. The minimum atomic E-state index is -0.472. The molecule has 5 heteroatoms. The first-order valence-corrected chi connectivity index (χ1v) is 12.5. The van der Waals surface area contributed by atoms with Crippen molar-refractivity contribution in [3.8, 4) is 0 Å². The van der Waals surface area contributed by atoms with E-state index in [2.05, 4.69) is 53.4 Å². The summed E-state index contributed by atoms with van der Waals surface area (Å²) in [6.45, 7) is 21.7. The topological polar surface area (TPSA) is 60.9 Å². The largest absolute Gasteiger partial charge is 0.394 e. The van der Waals surface area contributed by atoms with E-state index in [0.717, 1.165) is 38.6 Å². The lowest BCUT2D eigenvalue weighted by atomic mass is 9.75. The molecular weight excluding hydrogens is 400 g/mol. The van der Waals surface area contributed by atoms with Gasteiger partial charge in [-0.1, -0.05) is 69.2 Å². The fraction of sp³-hybridized carbons (Fsp3) is 0.926. The van der Waals surface area contributed by atoms with Crippen LogP contribution in [0.25, 0.3) is 0 Å². The summed E-state index contributed by atoms with van der Waals surface area (Å²) >= 11 is 0. The van der Waals surface area contributed by atoms with E-state index >= 15 is 0 Å². The van der Waals surface area contributed by atoms with E-state index in [9.17, 15) is 14.7 Å². The molecule has 188 valence electrons. The van der Waals surface area contributed by atoms with Crippen LogP contribution >= 0.6 is 0 Å². The van der Waals surface area contributed by atoms with Gasteiger partial charge in [-0.15, -0.1) is 0 Å². The van der Waals surface area contributed by atoms with Crippen LogP contribution < -0.4 is 0 Å². The number of amides is 2. The minimum Gasteiger partial charge on any atom is -0.394 e. The summed E-state index contributed by atoms with van der Waals surface area (Å²) in [6, 6.07) is 0.207. The Morgan fingerprint density at radius 3 is 1.81 bits per heavy atom. The average molecular weight is 453 g/mol. The molecule has 32 heavy (non-hydrogen) atoms. The molecular formula is C27H52N2O3. The molecule has 1 saturated carbocycles. The quantitative estimate of drug-likeness (QED) is 0.450. The Morgan fingerprint density at radius 2 is 1.41 bits per heavy atom. The molecule has 0 bridgehead atoms. The molecule has 0 aromatic carbocycles. The summed E-state index contributed by atoms with van der Waals surface area (Å²) in [5, 5.41) is 10.0. The van der Waals surface area contributed by atoms with Crippen molar-refractivity contribution in [3.05, 3.63) is 0 Å². The second kappa shape index (κ2) is 10.4. The number of hydrogen-bond acceptors (Lipinski definition) is 3. The molecule has 1 rings (SSSR count). The van der Waals surface area contributed by atoms with Crippen molar-refractivity contribution in [1.29, 1.82) is 0 Å². The molecule has 5 nitrogen and oxygen atoms in total. The van der Waals surface area contributed by atoms with Crippen molar-refractivity contribution in [2.24, 2.45) is 21.7 Å². The van der Waals surface area contributed by atoms with Gasteiger partial charge in [0.15, 0.2) is 0 Å². The van der Waals surface area contributed by atoms with Crippen molar-refractivity contribution in [1.82, 2.24) is 9.80 Å². The van der Waals surface area contributed by atoms with Gasteiger partial charge in [0.25, 0.3) is 0 Å². The average Bonchev–Trinajstić information content (AvgIpc) is 3.47. The Bertz CT molecular complexity index is 636. The molecule has 0 aromatic heterocycles. The third kappa shape index (κ3) is 9.03. The number of aliphatic hydroxyl groups is 1. The number of aliphatic hydroxyl groups excluding tert-OH is 1. The zero-order valence-corrected chi connectivity index (χ0v) is 23.0. The summed E-state index contributed by atoms with van der Waals surface area (Å²) in [5.41, 5.74) is -0.762. The second-order valence-corrected chi connectivity index (χ2v) is 13.8. The molecule has 0 aromatic rings. The van der Waals surface area contributed by atoms with Crippen molar-refractivity contribution in [2.45, 2.75) is 120 Å². The van der Waals surface area contributed by atoms with Gasteiger partial charge < -0.3 is 14.9 Å². The van der Waals surface area contributed by atoms with Crippen molar-refractivity contribution >= 4 is 11.8 Å². The second-order valence-electron chi connectivity index (χ2n) is 13.8. The first kappa shape index (κ1) is 28.9. The highest BCUT2D eigenvalue weighted by Gasteiger charge is 2.41. The minimum absolute atomic E-state index is 0.0433. The zero-order chi connectivity index (χ0) is 25.1. The zero-order valence-electron chi connectivity index (χ0n) is 23.0. The molecule has 0 heterocycles. The normalized spacial score (nSPS) is 16.6. The van der Waals surface area contributed by atoms with Gasteiger partial charge in [-0.25, -0.2) is 0 Å². The Labute approximate surface area is 198 Å². The smallest absolute Gasteiger partial charge is 0.228 e. The first-order chi connectivity index (χ1) is 14.3. The fourth-order valence-corrected chi connectivity index (χ4v) is 4.20. The van der Waals surface area contributed by atoms with E-state index in [1.54, 1.807) is 11.9 Å². The number of hydrogen-bond donors (Lipinski definition) is 1. The van der Waals surface area contributed by atoms with Crippen LogP contribution in [0.2, 0.25) is 0 Å². The third-order valence-electron chi connectivity index (χ3n) is 6.87. The van der Waals surface area contributed by atoms with Crippen LogP contribution in [0.5, 0.6) is 0 Å². The highest BCUT2D eigenvalue weighted by molar-refractivity contribution is 5.82. The standard InChI is InChI=1S/C27H52N2O3/c1-24(2,3)16-17-29(20-12-13-20)23(32)27(9,10)15-14-26(7,8)18-21(19-30)28(11)22(31)25(4,5)6/h20-21,30H,12-19H2,1-11H3/t21-/m0/s1. The van der Waals surface area contributed by atoms with Crippen molar-refractivity contribution in [3.63, 3.8) is 0 Å². The Morgan fingerprint density at radius 1 is 0.875 bits per heavy atom. The predicted molar refractivity (Wildman–Crippen MR) is 133 cm³/mol. The monoisotopic (exact) mass is 452 g/mol. The van der Waals surface area contributed by atoms with E-state index in [4.69, 9.17) is 0 Å². The highest BCUT2D eigenvalue weighted by atomic mass is 16.3. The van der Waals surface area contributed by atoms with Crippen LogP contribution in [-0.4, -0.2) is 59.0 Å². The van der Waals surface area contributed by atoms with Crippen LogP contribution in [0.15, 0.2) is 0 Å². The molecule has 1 fully saturated rings. The fourth-order valence-electron chi connectivity index (χ4n) is 4.20. The van der Waals surface area contributed by atoms with Crippen molar-refractivity contribution < 1.29 is 14.7 Å². The maximum absolute atomic E-state index is 13.5. The molecule has 1 aliphatic rings. The van der Waals surface area contributed by atoms with Gasteiger partial charge in [0, 0.05) is 30.5 Å². The summed E-state index contributed by atoms with van der Waals surface area (Å²) in [6.07, 6.45) is 5.66. The number of rotatable bonds is 11. The van der Waals surface area contributed by atoms with Crippen molar-refractivity contribution in [2.75, 3.05) is 20.2 Å². The van der Waals surface area contributed by atoms with Crippen LogP contribution in [-0.2, 0) is 9.59 Å². The van der Waals surface area contributed by atoms with Crippen LogP contribution in [0.4, 0.5) is 0 Å². The summed E-state index contributed by atoms with van der Waals surface area (Å²) in [7, 11) is 1.79. The first-order valence-electron chi connectivity index (χ1n) is 12.5. The molecule has 0 unspecified atom stereocenters. The molecule has 1 atom stereocenters. The number of carbonyl (C=O) groups excluding carboxylic acids is 2. The van der Waals surface area contributed by atoms with Gasteiger partial charge in [0.1, 0.15) is 0 Å². The summed E-state index contributed by atoms with van der Waals surface area (Å²) in [4.78, 5) is 30.0. The number of carbonyl (C=O) groups is 2. The van der Waals surface area contributed by atoms with Gasteiger partial charge in [0.05, 0.1) is 12.6 Å². The third-order valence-corrected chi connectivity index (χ3v) is 6.87. The van der Waals surface area contributed by atoms with E-state index < -0.39 is 10.8 Å². The van der Waals surface area contributed by atoms with Gasteiger partial charge in [-0.3, -0.25) is 9.59 Å². The van der Waals surface area contributed by atoms with Crippen LogP contribution in [0.1, 0.15) is 108 Å². The highest BCUT2D eigenvalue weighted by Crippen LogP contribution is 2.39. The molecule has 0 spiro atoms. The Balaban J connectivity index is 2.78. The molecule has 1 aliphatic carbocycles. The number of nitrogens with zero attached hydrogens (tertiary/aromatic N) is 2. The molecule has 0 aliphatic heterocycles. The van der Waals surface area contributed by atoms with Gasteiger partial charge in [-0.05, 0) is 49.4 Å². The van der Waals surface area contributed by atoms with Gasteiger partial charge in [0.2, 0.25) is 11.8 Å². The van der Waals surface area contributed by atoms with E-state index in [0.29, 0.717) is 12.5 Å². The van der Waals surface area contributed by atoms with Crippen LogP contribution in [0.3, 0.4) is 0 Å². The summed E-state index contributed by atoms with van der Waals surface area (Å²) < 4.78 is 0. The lowest BCUT2D eigenvalue weighted by Gasteiger charge is -2.39. The molecule has 1 N–H and O–H groups in total. The maximum atomic E-state index is 13.5. The van der Waals surface area contributed by atoms with E-state index in [1.165, 1.54) is 0 Å². The summed E-state index contributed by atoms with van der Waals surface area (Å²) in [5.74, 6) is 0.320. The maximum Gasteiger partial charge on any atom is 0.228 e. The molecule has 0 radical (unpaired) electrons. The number of likely N-dealkylation sites (N-methyl/N-ethyl adjacent to an activating group) is 1. The molecule has 2 amide bonds. The van der Waals surface area contributed by atoms with Gasteiger partial charge in [-0.2, -0.15) is 0 Å². The SMILES string of the molecule is CN(C(=O)C(C)(C)C)[C@H](CO)CC(C)(C)CCC(C)(C)C(=O)N(CCC(C)(C)C)C1CC1. The predicted octanol–water partition coefficient (Wildman–Crippen LogP) is 5.50. The van der Waals surface area contributed by atoms with Gasteiger partial charge >= 0.3 is 0 Å². The Hall–Kier alpha value is -1.10. The lowest BCUT2D eigenvalue weighted by Crippen LogP contribution is -2.47. The van der Waals surface area contributed by atoms with E-state index in [1.807, 2.05) is 20.8 Å². The van der Waals surface area contributed by atoms with Crippen LogP contribution in [0, 0.1) is 21.7 Å². The molecule has 0 saturated heterocycles.